The molecule has 0 aromatic rings. The van der Waals surface area contributed by atoms with Gasteiger partial charge in [-0.25, -0.2) is 0 Å². The van der Waals surface area contributed by atoms with Gasteiger partial charge in [-0.1, -0.05) is 112 Å². The second kappa shape index (κ2) is 21.9. The number of allylic oxidation sites excluding steroid dienone is 11. The smallest absolute Gasteiger partial charge is 0.244 e. The monoisotopic (exact) mass is 371 g/mol. The topological polar surface area (TPSA) is 49.3 Å². The van der Waals surface area contributed by atoms with Crippen molar-refractivity contribution in [2.24, 2.45) is 0 Å². The summed E-state index contributed by atoms with van der Waals surface area (Å²) < 4.78 is 0. The molecule has 0 aromatic heterocycles. The van der Waals surface area contributed by atoms with Crippen molar-refractivity contribution in [3.8, 4) is 0 Å². The maximum atomic E-state index is 11.2. The van der Waals surface area contributed by atoms with Crippen molar-refractivity contribution in [2.75, 3.05) is 13.2 Å². The summed E-state index contributed by atoms with van der Waals surface area (Å²) >= 11 is 0. The lowest BCUT2D eigenvalue weighted by Gasteiger charge is -1.98. The summed E-state index contributed by atoms with van der Waals surface area (Å²) in [6, 6.07) is 0. The highest BCUT2D eigenvalue weighted by molar-refractivity contribution is 5.87. The van der Waals surface area contributed by atoms with E-state index in [0.29, 0.717) is 0 Å². The lowest BCUT2D eigenvalue weighted by atomic mass is 10.1. The van der Waals surface area contributed by atoms with Crippen molar-refractivity contribution in [1.29, 1.82) is 0 Å². The Bertz CT molecular complexity index is 510. The summed E-state index contributed by atoms with van der Waals surface area (Å²) in [5.41, 5.74) is 0. The zero-order chi connectivity index (χ0) is 19.8. The van der Waals surface area contributed by atoms with Crippen LogP contribution in [0.4, 0.5) is 0 Å². The van der Waals surface area contributed by atoms with Gasteiger partial charge in [-0.3, -0.25) is 4.79 Å². The van der Waals surface area contributed by atoms with Crippen molar-refractivity contribution >= 4 is 5.91 Å². The second-order valence-electron chi connectivity index (χ2n) is 6.25. The van der Waals surface area contributed by atoms with Crippen LogP contribution in [0.15, 0.2) is 72.9 Å². The Morgan fingerprint density at radius 2 is 1.26 bits per heavy atom. The van der Waals surface area contributed by atoms with Crippen LogP contribution in [0, 0.1) is 0 Å². The first-order valence-electron chi connectivity index (χ1n) is 10.2. The van der Waals surface area contributed by atoms with E-state index in [0.717, 1.165) is 6.42 Å². The van der Waals surface area contributed by atoms with E-state index in [1.165, 1.54) is 51.0 Å². The van der Waals surface area contributed by atoms with E-state index in [1.54, 1.807) is 12.2 Å². The molecule has 2 N–H and O–H groups in total. The minimum absolute atomic E-state index is 0.0477. The van der Waals surface area contributed by atoms with Gasteiger partial charge < -0.3 is 10.4 Å². The predicted molar refractivity (Wildman–Crippen MR) is 118 cm³/mol. The minimum Gasteiger partial charge on any atom is -0.395 e. The van der Waals surface area contributed by atoms with Crippen molar-refractivity contribution in [3.63, 3.8) is 0 Å². The third-order valence-corrected chi connectivity index (χ3v) is 3.77. The van der Waals surface area contributed by atoms with Crippen LogP contribution in [0.2, 0.25) is 0 Å². The Morgan fingerprint density at radius 3 is 1.85 bits per heavy atom. The molecule has 0 rings (SSSR count). The normalized spacial score (nSPS) is 12.8. The zero-order valence-corrected chi connectivity index (χ0v) is 16.9. The van der Waals surface area contributed by atoms with Crippen LogP contribution in [0.1, 0.15) is 58.3 Å². The van der Waals surface area contributed by atoms with Crippen LogP contribution >= 0.6 is 0 Å². The van der Waals surface area contributed by atoms with Crippen LogP contribution in [-0.4, -0.2) is 24.2 Å². The first-order valence-corrected chi connectivity index (χ1v) is 10.2. The standard InChI is InChI=1S/C24H37NO2/c1-2-3-4-5-6-7-8-9-10-11-12-13-14-15-16-17-18-19-20-21-24(27)25-22-23-26/h10-21,26H,2-9,22-23H2,1H3,(H,25,27). The SMILES string of the molecule is CCCCCCCCCC=CC=CC=CC=CC=CC=CC(=O)NCCO. The van der Waals surface area contributed by atoms with Gasteiger partial charge in [0.2, 0.25) is 5.91 Å². The molecule has 0 heterocycles. The molecule has 0 aliphatic heterocycles. The largest absolute Gasteiger partial charge is 0.395 e. The fourth-order valence-corrected chi connectivity index (χ4v) is 2.29. The van der Waals surface area contributed by atoms with Gasteiger partial charge in [0.1, 0.15) is 0 Å². The maximum Gasteiger partial charge on any atom is 0.244 e. The molecule has 0 aliphatic carbocycles. The molecular formula is C24H37NO2. The molecule has 0 aromatic carbocycles. The molecule has 0 fully saturated rings. The summed E-state index contributed by atoms with van der Waals surface area (Å²) in [5.74, 6) is -0.206. The quantitative estimate of drug-likeness (QED) is 0.212. The van der Waals surface area contributed by atoms with E-state index >= 15 is 0 Å². The highest BCUT2D eigenvalue weighted by atomic mass is 16.3. The number of aliphatic hydroxyl groups is 1. The number of nitrogens with one attached hydrogen (secondary N) is 1. The lowest BCUT2D eigenvalue weighted by molar-refractivity contribution is -0.116. The lowest BCUT2D eigenvalue weighted by Crippen LogP contribution is -2.24. The third kappa shape index (κ3) is 21.8. The number of amides is 1. The number of unbranched alkanes of at least 4 members (excludes halogenated alkanes) is 7. The molecule has 0 unspecified atom stereocenters. The Hall–Kier alpha value is -2.13. The Kier molecular flexibility index (Phi) is 20.2. The van der Waals surface area contributed by atoms with Gasteiger partial charge in [-0.05, 0) is 12.8 Å². The molecule has 27 heavy (non-hydrogen) atoms. The van der Waals surface area contributed by atoms with Gasteiger partial charge in [0.05, 0.1) is 6.61 Å². The number of carbonyl (C=O) groups excluding carboxylic acids is 1. The maximum absolute atomic E-state index is 11.2. The van der Waals surface area contributed by atoms with E-state index in [-0.39, 0.29) is 19.1 Å². The summed E-state index contributed by atoms with van der Waals surface area (Å²) in [7, 11) is 0. The molecule has 1 amide bonds. The third-order valence-electron chi connectivity index (χ3n) is 3.77. The fourth-order valence-electron chi connectivity index (χ4n) is 2.29. The summed E-state index contributed by atoms with van der Waals surface area (Å²) in [4.78, 5) is 11.2. The van der Waals surface area contributed by atoms with E-state index in [2.05, 4.69) is 30.5 Å². The van der Waals surface area contributed by atoms with Gasteiger partial charge in [0.15, 0.2) is 0 Å². The Balaban J connectivity index is 3.65. The Morgan fingerprint density at radius 1 is 0.741 bits per heavy atom. The number of rotatable bonds is 16. The molecule has 0 radical (unpaired) electrons. The van der Waals surface area contributed by atoms with Crippen LogP contribution in [-0.2, 0) is 4.79 Å². The van der Waals surface area contributed by atoms with Gasteiger partial charge in [0, 0.05) is 12.6 Å². The molecule has 3 nitrogen and oxygen atoms in total. The highest BCUT2D eigenvalue weighted by Gasteiger charge is 1.90. The molecule has 0 saturated heterocycles. The van der Waals surface area contributed by atoms with Crippen LogP contribution in [0.5, 0.6) is 0 Å². The summed E-state index contributed by atoms with van der Waals surface area (Å²) in [5, 5.41) is 11.1. The number of hydrogen-bond acceptors (Lipinski definition) is 2. The average molecular weight is 372 g/mol. The van der Waals surface area contributed by atoms with E-state index < -0.39 is 0 Å². The van der Waals surface area contributed by atoms with Gasteiger partial charge in [0.25, 0.3) is 0 Å². The average Bonchev–Trinajstić information content (AvgIpc) is 2.68. The molecule has 0 spiro atoms. The van der Waals surface area contributed by atoms with Gasteiger partial charge in [-0.15, -0.1) is 0 Å². The first kappa shape index (κ1) is 24.9. The van der Waals surface area contributed by atoms with Crippen molar-refractivity contribution in [3.05, 3.63) is 72.9 Å². The molecule has 3 heteroatoms. The molecule has 0 atom stereocenters. The van der Waals surface area contributed by atoms with Crippen molar-refractivity contribution in [1.82, 2.24) is 5.32 Å². The van der Waals surface area contributed by atoms with Crippen molar-refractivity contribution in [2.45, 2.75) is 58.3 Å². The highest BCUT2D eigenvalue weighted by Crippen LogP contribution is 2.08. The number of hydrogen-bond donors (Lipinski definition) is 2. The van der Waals surface area contributed by atoms with E-state index in [9.17, 15) is 4.79 Å². The summed E-state index contributed by atoms with van der Waals surface area (Å²) in [6.45, 7) is 2.49. The molecule has 0 aliphatic rings. The molecule has 150 valence electrons. The second-order valence-corrected chi connectivity index (χ2v) is 6.25. The van der Waals surface area contributed by atoms with Crippen LogP contribution in [0.25, 0.3) is 0 Å². The fraction of sp³-hybridized carbons (Fsp3) is 0.458. The van der Waals surface area contributed by atoms with Crippen LogP contribution < -0.4 is 5.32 Å². The molecular weight excluding hydrogens is 334 g/mol. The van der Waals surface area contributed by atoms with Gasteiger partial charge in [-0.2, -0.15) is 0 Å². The van der Waals surface area contributed by atoms with Crippen molar-refractivity contribution < 1.29 is 9.90 Å². The molecule has 0 saturated carbocycles. The summed E-state index contributed by atoms with van der Waals surface area (Å²) in [6.07, 6.45) is 33.6. The van der Waals surface area contributed by atoms with E-state index in [1.807, 2.05) is 36.5 Å². The van der Waals surface area contributed by atoms with E-state index in [4.69, 9.17) is 5.11 Å². The van der Waals surface area contributed by atoms with Crippen LogP contribution in [0.3, 0.4) is 0 Å². The Labute approximate surface area is 166 Å². The number of aliphatic hydroxyl groups excluding tert-OH is 1. The first-order chi connectivity index (χ1) is 13.3. The predicted octanol–water partition coefficient (Wildman–Crippen LogP) is 5.57. The number of carbonyl (C=O) groups is 1. The zero-order valence-electron chi connectivity index (χ0n) is 16.9. The molecule has 0 bridgehead atoms. The van der Waals surface area contributed by atoms with Gasteiger partial charge >= 0.3 is 0 Å². The minimum atomic E-state index is -0.206.